The fourth-order valence-corrected chi connectivity index (χ4v) is 2.18. The Hall–Kier alpha value is -0.120. The first-order chi connectivity index (χ1) is 8.30. The second-order valence-corrected chi connectivity index (χ2v) is 5.11. The first-order valence-corrected chi connectivity index (χ1v) is 7.45. The van der Waals surface area contributed by atoms with Crippen LogP contribution in [0.3, 0.4) is 0 Å². The van der Waals surface area contributed by atoms with Crippen LogP contribution in [-0.4, -0.2) is 62.2 Å². The Bertz CT molecular complexity index is 176. The predicted octanol–water partition coefficient (Wildman–Crippen LogP) is 1.65. The molecule has 17 heavy (non-hydrogen) atoms. The third kappa shape index (κ3) is 7.02. The molecule has 1 aliphatic carbocycles. The molecular formula is C14H31N3. The predicted molar refractivity (Wildman–Crippen MR) is 75.5 cm³/mol. The third-order valence-corrected chi connectivity index (χ3v) is 3.76. The molecule has 0 aromatic heterocycles. The van der Waals surface area contributed by atoms with E-state index in [-0.39, 0.29) is 0 Å². The lowest BCUT2D eigenvalue weighted by Crippen LogP contribution is -2.37. The van der Waals surface area contributed by atoms with E-state index in [1.54, 1.807) is 0 Å². The van der Waals surface area contributed by atoms with Crippen LogP contribution in [0.5, 0.6) is 0 Å². The van der Waals surface area contributed by atoms with Crippen molar-refractivity contribution in [2.24, 2.45) is 5.92 Å². The summed E-state index contributed by atoms with van der Waals surface area (Å²) < 4.78 is 0. The molecule has 0 atom stereocenters. The Morgan fingerprint density at radius 3 is 1.88 bits per heavy atom. The molecule has 3 heteroatoms. The molecule has 0 bridgehead atoms. The maximum absolute atomic E-state index is 3.56. The molecule has 102 valence electrons. The van der Waals surface area contributed by atoms with Crippen molar-refractivity contribution in [3.63, 3.8) is 0 Å². The van der Waals surface area contributed by atoms with Crippen LogP contribution >= 0.6 is 0 Å². The van der Waals surface area contributed by atoms with E-state index >= 15 is 0 Å². The summed E-state index contributed by atoms with van der Waals surface area (Å²) in [6, 6.07) is 0. The van der Waals surface area contributed by atoms with Crippen LogP contribution < -0.4 is 5.32 Å². The molecular weight excluding hydrogens is 210 g/mol. The molecule has 0 aromatic carbocycles. The van der Waals surface area contributed by atoms with E-state index < -0.39 is 0 Å². The number of hydrogen-bond acceptors (Lipinski definition) is 3. The number of hydrogen-bond donors (Lipinski definition) is 1. The standard InChI is InChI=1S/C14H31N3/c1-4-16(5-2)11-9-15-10-12-17(6-3)13-14-7-8-14/h14-15H,4-13H2,1-3H3. The van der Waals surface area contributed by atoms with E-state index in [1.807, 2.05) is 0 Å². The summed E-state index contributed by atoms with van der Waals surface area (Å²) in [5.41, 5.74) is 0. The second-order valence-electron chi connectivity index (χ2n) is 5.11. The maximum Gasteiger partial charge on any atom is 0.0107 e. The summed E-state index contributed by atoms with van der Waals surface area (Å²) in [6.07, 6.45) is 2.93. The summed E-state index contributed by atoms with van der Waals surface area (Å²) in [5.74, 6) is 1.02. The first-order valence-electron chi connectivity index (χ1n) is 7.45. The molecule has 0 unspecified atom stereocenters. The number of nitrogens with zero attached hydrogens (tertiary/aromatic N) is 2. The smallest absolute Gasteiger partial charge is 0.0107 e. The van der Waals surface area contributed by atoms with Crippen LogP contribution in [0.25, 0.3) is 0 Å². The molecule has 0 spiro atoms. The molecule has 1 aliphatic rings. The summed E-state index contributed by atoms with van der Waals surface area (Å²) in [4.78, 5) is 5.05. The fourth-order valence-electron chi connectivity index (χ4n) is 2.18. The Labute approximate surface area is 108 Å². The fraction of sp³-hybridized carbons (Fsp3) is 1.00. The molecule has 0 saturated heterocycles. The molecule has 0 heterocycles. The number of rotatable bonds is 11. The van der Waals surface area contributed by atoms with Gasteiger partial charge < -0.3 is 15.1 Å². The zero-order valence-corrected chi connectivity index (χ0v) is 12.0. The van der Waals surface area contributed by atoms with Crippen LogP contribution in [0.15, 0.2) is 0 Å². The van der Waals surface area contributed by atoms with E-state index in [0.717, 1.165) is 19.0 Å². The minimum Gasteiger partial charge on any atom is -0.314 e. The topological polar surface area (TPSA) is 18.5 Å². The normalized spacial score (nSPS) is 16.1. The molecule has 1 fully saturated rings. The third-order valence-electron chi connectivity index (χ3n) is 3.76. The van der Waals surface area contributed by atoms with Crippen molar-refractivity contribution < 1.29 is 0 Å². The highest BCUT2D eigenvalue weighted by atomic mass is 15.2. The van der Waals surface area contributed by atoms with Gasteiger partial charge in [-0.25, -0.2) is 0 Å². The van der Waals surface area contributed by atoms with Crippen LogP contribution in [0.2, 0.25) is 0 Å². The van der Waals surface area contributed by atoms with Gasteiger partial charge in [0.05, 0.1) is 0 Å². The van der Waals surface area contributed by atoms with Gasteiger partial charge in [0.1, 0.15) is 0 Å². The molecule has 1 N–H and O–H groups in total. The number of nitrogens with one attached hydrogen (secondary N) is 1. The van der Waals surface area contributed by atoms with Crippen molar-refractivity contribution in [1.29, 1.82) is 0 Å². The van der Waals surface area contributed by atoms with E-state index in [2.05, 4.69) is 35.9 Å². The van der Waals surface area contributed by atoms with Crippen molar-refractivity contribution in [3.8, 4) is 0 Å². The highest BCUT2D eigenvalue weighted by molar-refractivity contribution is 4.77. The lowest BCUT2D eigenvalue weighted by molar-refractivity contribution is 0.267. The van der Waals surface area contributed by atoms with Gasteiger partial charge in [0, 0.05) is 32.7 Å². The zero-order valence-electron chi connectivity index (χ0n) is 12.0. The van der Waals surface area contributed by atoms with Crippen LogP contribution in [-0.2, 0) is 0 Å². The van der Waals surface area contributed by atoms with Crippen molar-refractivity contribution in [2.45, 2.75) is 33.6 Å². The lowest BCUT2D eigenvalue weighted by Gasteiger charge is -2.21. The van der Waals surface area contributed by atoms with Crippen LogP contribution in [0, 0.1) is 5.92 Å². The average Bonchev–Trinajstić information content (AvgIpc) is 3.16. The van der Waals surface area contributed by atoms with Crippen LogP contribution in [0.4, 0.5) is 0 Å². The summed E-state index contributed by atoms with van der Waals surface area (Å²) in [6.45, 7) is 16.3. The molecule has 0 aliphatic heterocycles. The molecule has 0 radical (unpaired) electrons. The lowest BCUT2D eigenvalue weighted by atomic mass is 10.3. The molecule has 0 aromatic rings. The molecule has 3 nitrogen and oxygen atoms in total. The van der Waals surface area contributed by atoms with Crippen molar-refractivity contribution in [1.82, 2.24) is 15.1 Å². The van der Waals surface area contributed by atoms with Gasteiger partial charge in [-0.1, -0.05) is 20.8 Å². The quantitative estimate of drug-likeness (QED) is 0.555. The van der Waals surface area contributed by atoms with Gasteiger partial charge in [0.15, 0.2) is 0 Å². The minimum absolute atomic E-state index is 1.02. The maximum atomic E-state index is 3.56. The Kier molecular flexibility index (Phi) is 7.82. The Morgan fingerprint density at radius 2 is 1.41 bits per heavy atom. The minimum atomic E-state index is 1.02. The van der Waals surface area contributed by atoms with Gasteiger partial charge in [-0.15, -0.1) is 0 Å². The van der Waals surface area contributed by atoms with Gasteiger partial charge in [0.2, 0.25) is 0 Å². The Balaban J connectivity index is 1.94. The molecule has 0 amide bonds. The van der Waals surface area contributed by atoms with E-state index in [0.29, 0.717) is 0 Å². The van der Waals surface area contributed by atoms with Crippen molar-refractivity contribution in [3.05, 3.63) is 0 Å². The van der Waals surface area contributed by atoms with Gasteiger partial charge in [-0.2, -0.15) is 0 Å². The van der Waals surface area contributed by atoms with Gasteiger partial charge in [-0.3, -0.25) is 0 Å². The highest BCUT2D eigenvalue weighted by Crippen LogP contribution is 2.29. The molecule has 1 saturated carbocycles. The zero-order chi connectivity index (χ0) is 12.5. The average molecular weight is 241 g/mol. The van der Waals surface area contributed by atoms with Crippen molar-refractivity contribution in [2.75, 3.05) is 52.4 Å². The Morgan fingerprint density at radius 1 is 0.882 bits per heavy atom. The first kappa shape index (κ1) is 14.9. The van der Waals surface area contributed by atoms with E-state index in [9.17, 15) is 0 Å². The van der Waals surface area contributed by atoms with E-state index in [1.165, 1.54) is 52.1 Å². The largest absolute Gasteiger partial charge is 0.314 e. The van der Waals surface area contributed by atoms with Gasteiger partial charge in [-0.05, 0) is 38.4 Å². The van der Waals surface area contributed by atoms with Crippen LogP contribution in [0.1, 0.15) is 33.6 Å². The molecule has 1 rings (SSSR count). The second kappa shape index (κ2) is 8.90. The van der Waals surface area contributed by atoms with Crippen molar-refractivity contribution >= 4 is 0 Å². The van der Waals surface area contributed by atoms with Gasteiger partial charge in [0.25, 0.3) is 0 Å². The number of likely N-dealkylation sites (N-methyl/N-ethyl adjacent to an activating group) is 2. The summed E-state index contributed by atoms with van der Waals surface area (Å²) in [7, 11) is 0. The van der Waals surface area contributed by atoms with Gasteiger partial charge >= 0.3 is 0 Å². The highest BCUT2D eigenvalue weighted by Gasteiger charge is 2.23. The monoisotopic (exact) mass is 241 g/mol. The summed E-state index contributed by atoms with van der Waals surface area (Å²) >= 11 is 0. The van der Waals surface area contributed by atoms with E-state index in [4.69, 9.17) is 0 Å². The SMILES string of the molecule is CCN(CC)CCNCCN(CC)CC1CC1. The summed E-state index contributed by atoms with van der Waals surface area (Å²) in [5, 5.41) is 3.56.